The second-order valence-corrected chi connectivity index (χ2v) is 7.00. The van der Waals surface area contributed by atoms with E-state index in [0.717, 1.165) is 12.0 Å². The lowest BCUT2D eigenvalue weighted by Crippen LogP contribution is -2.11. The first-order valence-corrected chi connectivity index (χ1v) is 9.38. The fourth-order valence-corrected chi connectivity index (χ4v) is 3.35. The highest BCUT2D eigenvalue weighted by molar-refractivity contribution is 5.87. The molecule has 1 N–H and O–H groups in total. The Labute approximate surface area is 169 Å². The van der Waals surface area contributed by atoms with Gasteiger partial charge in [-0.25, -0.2) is 4.98 Å². The van der Waals surface area contributed by atoms with Gasteiger partial charge in [-0.2, -0.15) is 0 Å². The molecule has 4 rings (SSSR count). The molecule has 0 amide bonds. The molecule has 4 aromatic rings. The summed E-state index contributed by atoms with van der Waals surface area (Å²) in [6, 6.07) is 20.0. The zero-order valence-electron chi connectivity index (χ0n) is 16.7. The van der Waals surface area contributed by atoms with E-state index in [1.54, 1.807) is 19.2 Å². The number of hydrogen-bond acceptors (Lipinski definition) is 4. The van der Waals surface area contributed by atoms with E-state index in [9.17, 15) is 4.79 Å². The summed E-state index contributed by atoms with van der Waals surface area (Å²) in [6.07, 6.45) is 0.858. The van der Waals surface area contributed by atoms with Gasteiger partial charge < -0.3 is 14.5 Å². The van der Waals surface area contributed by atoms with E-state index in [4.69, 9.17) is 9.47 Å². The topological polar surface area (TPSA) is 64.2 Å². The third-order valence-electron chi connectivity index (χ3n) is 4.96. The minimum absolute atomic E-state index is 0.242. The Hall–Kier alpha value is -3.60. The number of fused-ring (bicyclic) bond motifs is 1. The minimum atomic E-state index is -0.242. The summed E-state index contributed by atoms with van der Waals surface area (Å²) in [6.45, 7) is 2.08. The van der Waals surface area contributed by atoms with E-state index >= 15 is 0 Å². The number of nitrogens with one attached hydrogen (secondary N) is 1. The second kappa shape index (κ2) is 7.80. The number of methoxy groups -OCH3 is 2. The Morgan fingerprint density at radius 1 is 0.897 bits per heavy atom. The summed E-state index contributed by atoms with van der Waals surface area (Å²) < 4.78 is 10.6. The Bertz CT molecular complexity index is 1210. The van der Waals surface area contributed by atoms with Crippen LogP contribution in [0.2, 0.25) is 0 Å². The third-order valence-corrected chi connectivity index (χ3v) is 4.96. The number of aromatic nitrogens is 2. The van der Waals surface area contributed by atoms with Crippen LogP contribution in [0.5, 0.6) is 11.5 Å². The van der Waals surface area contributed by atoms with Gasteiger partial charge in [-0.15, -0.1) is 0 Å². The number of aryl methyl sites for hydroxylation is 1. The Kier molecular flexibility index (Phi) is 5.04. The van der Waals surface area contributed by atoms with Gasteiger partial charge in [-0.1, -0.05) is 54.1 Å². The molecule has 1 heterocycles. The van der Waals surface area contributed by atoms with Crippen molar-refractivity contribution in [3.05, 3.63) is 87.7 Å². The molecule has 5 heteroatoms. The number of benzene rings is 3. The van der Waals surface area contributed by atoms with Crippen molar-refractivity contribution in [2.75, 3.05) is 14.2 Å². The molecule has 0 aliphatic carbocycles. The van der Waals surface area contributed by atoms with Crippen LogP contribution in [0.3, 0.4) is 0 Å². The normalized spacial score (nSPS) is 10.9. The first kappa shape index (κ1) is 18.7. The van der Waals surface area contributed by atoms with E-state index in [1.165, 1.54) is 23.8 Å². The molecule has 0 spiro atoms. The largest absolute Gasteiger partial charge is 0.497 e. The summed E-state index contributed by atoms with van der Waals surface area (Å²) >= 11 is 0. The van der Waals surface area contributed by atoms with Gasteiger partial charge in [0.25, 0.3) is 5.56 Å². The summed E-state index contributed by atoms with van der Waals surface area (Å²) in [4.78, 5) is 20.2. The molecule has 146 valence electrons. The number of ether oxygens (including phenoxy) is 2. The van der Waals surface area contributed by atoms with Crippen molar-refractivity contribution in [3.63, 3.8) is 0 Å². The number of aromatic amines is 1. The molecule has 0 unspecified atom stereocenters. The van der Waals surface area contributed by atoms with Crippen LogP contribution >= 0.6 is 0 Å². The van der Waals surface area contributed by atoms with Crippen LogP contribution in [0.15, 0.2) is 65.5 Å². The van der Waals surface area contributed by atoms with Gasteiger partial charge in [0.1, 0.15) is 22.7 Å². The lowest BCUT2D eigenvalue weighted by Gasteiger charge is -2.09. The molecule has 29 heavy (non-hydrogen) atoms. The van der Waals surface area contributed by atoms with Crippen LogP contribution < -0.4 is 15.0 Å². The molecule has 0 radical (unpaired) electrons. The van der Waals surface area contributed by atoms with Crippen LogP contribution in [0.1, 0.15) is 16.7 Å². The maximum absolute atomic E-state index is 12.7. The van der Waals surface area contributed by atoms with Gasteiger partial charge in [-0.05, 0) is 24.5 Å². The lowest BCUT2D eigenvalue weighted by molar-refractivity contribution is 0.397. The lowest BCUT2D eigenvalue weighted by atomic mass is 10.0. The molecule has 0 bridgehead atoms. The molecular formula is C24H22N2O3. The standard InChI is InChI=1S/C24H22N2O3/c1-15-4-6-16(7-5-15)12-17-8-10-18(11-9-17)23-25-20-13-19(28-2)14-21(29-3)22(20)24(27)26-23/h4-11,13-14H,12H2,1-3H3,(H,25,26,27). The molecule has 0 aliphatic rings. The highest BCUT2D eigenvalue weighted by atomic mass is 16.5. The SMILES string of the molecule is COc1cc(OC)c2c(=O)[nH]c(-c3ccc(Cc4ccc(C)cc4)cc3)nc2c1. The van der Waals surface area contributed by atoms with Crippen molar-refractivity contribution >= 4 is 10.9 Å². The summed E-state index contributed by atoms with van der Waals surface area (Å²) in [5, 5.41) is 0.410. The maximum Gasteiger partial charge on any atom is 0.262 e. The average Bonchev–Trinajstić information content (AvgIpc) is 2.74. The van der Waals surface area contributed by atoms with E-state index in [1.807, 2.05) is 12.1 Å². The van der Waals surface area contributed by atoms with Gasteiger partial charge in [0.15, 0.2) is 0 Å². The highest BCUT2D eigenvalue weighted by Gasteiger charge is 2.13. The zero-order valence-corrected chi connectivity index (χ0v) is 16.7. The Morgan fingerprint density at radius 3 is 2.17 bits per heavy atom. The van der Waals surface area contributed by atoms with Gasteiger partial charge in [0.2, 0.25) is 0 Å². The molecule has 0 saturated heterocycles. The number of nitrogens with zero attached hydrogens (tertiary/aromatic N) is 1. The number of H-pyrrole nitrogens is 1. The predicted octanol–water partition coefficient (Wildman–Crippen LogP) is 4.51. The van der Waals surface area contributed by atoms with E-state index in [2.05, 4.69) is 53.3 Å². The fourth-order valence-electron chi connectivity index (χ4n) is 3.35. The zero-order chi connectivity index (χ0) is 20.4. The molecule has 1 aromatic heterocycles. The van der Waals surface area contributed by atoms with Crippen LogP contribution in [0, 0.1) is 6.92 Å². The van der Waals surface area contributed by atoms with Crippen LogP contribution in [-0.4, -0.2) is 24.2 Å². The van der Waals surface area contributed by atoms with Crippen molar-refractivity contribution in [3.8, 4) is 22.9 Å². The fraction of sp³-hybridized carbons (Fsp3) is 0.167. The van der Waals surface area contributed by atoms with Crippen molar-refractivity contribution in [1.29, 1.82) is 0 Å². The molecule has 0 atom stereocenters. The Balaban J connectivity index is 1.69. The molecule has 3 aromatic carbocycles. The smallest absolute Gasteiger partial charge is 0.262 e. The second-order valence-electron chi connectivity index (χ2n) is 7.00. The highest BCUT2D eigenvalue weighted by Crippen LogP contribution is 2.28. The number of hydrogen-bond donors (Lipinski definition) is 1. The van der Waals surface area contributed by atoms with Gasteiger partial charge >= 0.3 is 0 Å². The first-order chi connectivity index (χ1) is 14.1. The average molecular weight is 386 g/mol. The molecule has 0 fully saturated rings. The quantitative estimate of drug-likeness (QED) is 0.548. The van der Waals surface area contributed by atoms with Crippen LogP contribution in [0.4, 0.5) is 0 Å². The predicted molar refractivity (Wildman–Crippen MR) is 115 cm³/mol. The van der Waals surface area contributed by atoms with E-state index in [0.29, 0.717) is 28.2 Å². The van der Waals surface area contributed by atoms with E-state index < -0.39 is 0 Å². The third kappa shape index (κ3) is 3.85. The van der Waals surface area contributed by atoms with Crippen molar-refractivity contribution in [1.82, 2.24) is 9.97 Å². The maximum atomic E-state index is 12.7. The monoisotopic (exact) mass is 386 g/mol. The molecular weight excluding hydrogens is 364 g/mol. The van der Waals surface area contributed by atoms with Crippen molar-refractivity contribution in [2.45, 2.75) is 13.3 Å². The molecule has 0 aliphatic heterocycles. The Morgan fingerprint density at radius 2 is 1.55 bits per heavy atom. The summed E-state index contributed by atoms with van der Waals surface area (Å²) in [5.74, 6) is 1.54. The summed E-state index contributed by atoms with van der Waals surface area (Å²) in [7, 11) is 3.09. The number of rotatable bonds is 5. The van der Waals surface area contributed by atoms with Crippen molar-refractivity contribution < 1.29 is 9.47 Å². The van der Waals surface area contributed by atoms with Gasteiger partial charge in [0.05, 0.1) is 19.7 Å². The molecule has 5 nitrogen and oxygen atoms in total. The summed E-state index contributed by atoms with van der Waals surface area (Å²) in [5.41, 5.74) is 4.85. The van der Waals surface area contributed by atoms with Crippen molar-refractivity contribution in [2.24, 2.45) is 0 Å². The van der Waals surface area contributed by atoms with Gasteiger partial charge in [0, 0.05) is 17.7 Å². The molecule has 0 saturated carbocycles. The van der Waals surface area contributed by atoms with Crippen LogP contribution in [-0.2, 0) is 6.42 Å². The van der Waals surface area contributed by atoms with E-state index in [-0.39, 0.29) is 5.56 Å². The van der Waals surface area contributed by atoms with Gasteiger partial charge in [-0.3, -0.25) is 4.79 Å². The van der Waals surface area contributed by atoms with Crippen LogP contribution in [0.25, 0.3) is 22.3 Å². The minimum Gasteiger partial charge on any atom is -0.497 e. The first-order valence-electron chi connectivity index (χ1n) is 9.38.